The van der Waals surface area contributed by atoms with Gasteiger partial charge >= 0.3 is 0 Å². The minimum atomic E-state index is -0.571. The summed E-state index contributed by atoms with van der Waals surface area (Å²) < 4.78 is 0.901. The summed E-state index contributed by atoms with van der Waals surface area (Å²) in [5.41, 5.74) is 1.82. The largest absolute Gasteiger partial charge is 0.388 e. The Bertz CT molecular complexity index is 557. The maximum atomic E-state index is 10.2. The van der Waals surface area contributed by atoms with Crippen LogP contribution in [0.5, 0.6) is 0 Å². The van der Waals surface area contributed by atoms with Crippen LogP contribution in [0.4, 0.5) is 0 Å². The van der Waals surface area contributed by atoms with Gasteiger partial charge in [-0.15, -0.1) is 0 Å². The van der Waals surface area contributed by atoms with Crippen LogP contribution in [0.25, 0.3) is 0 Å². The molecule has 1 nitrogen and oxygen atoms in total. The van der Waals surface area contributed by atoms with E-state index in [1.165, 1.54) is 0 Å². The molecule has 0 aromatic heterocycles. The van der Waals surface area contributed by atoms with Gasteiger partial charge in [-0.3, -0.25) is 0 Å². The summed E-state index contributed by atoms with van der Waals surface area (Å²) in [5, 5.41) is 11.2. The number of rotatable bonds is 3. The highest BCUT2D eigenvalue weighted by Gasteiger charge is 2.12. The third-order valence-electron chi connectivity index (χ3n) is 2.68. The zero-order chi connectivity index (χ0) is 13.1. The Morgan fingerprint density at radius 2 is 1.78 bits per heavy atom. The van der Waals surface area contributed by atoms with Crippen LogP contribution in [0.3, 0.4) is 0 Å². The molecule has 0 heterocycles. The summed E-state index contributed by atoms with van der Waals surface area (Å²) in [7, 11) is 0. The molecule has 0 aliphatic carbocycles. The van der Waals surface area contributed by atoms with Crippen LogP contribution in [-0.4, -0.2) is 5.11 Å². The van der Waals surface area contributed by atoms with Crippen LogP contribution < -0.4 is 0 Å². The first-order valence-corrected chi connectivity index (χ1v) is 6.99. The molecule has 2 rings (SSSR count). The normalized spacial score (nSPS) is 12.4. The van der Waals surface area contributed by atoms with Crippen LogP contribution in [0.2, 0.25) is 10.0 Å². The van der Waals surface area contributed by atoms with Gasteiger partial charge in [0.1, 0.15) is 0 Å². The van der Waals surface area contributed by atoms with Gasteiger partial charge in [-0.2, -0.15) is 0 Å². The standard InChI is InChI=1S/C14H11BrCl2O/c15-11-4-2-1-3-10(11)14(18)8-9-5-6-12(16)13(17)7-9/h1-7,14,18H,8H2. The molecule has 0 aliphatic rings. The molecule has 0 fully saturated rings. The van der Waals surface area contributed by atoms with E-state index in [4.69, 9.17) is 23.2 Å². The molecule has 0 bridgehead atoms. The number of hydrogen-bond acceptors (Lipinski definition) is 1. The molecule has 18 heavy (non-hydrogen) atoms. The molecule has 0 spiro atoms. The molecular weight excluding hydrogens is 335 g/mol. The van der Waals surface area contributed by atoms with Gasteiger partial charge in [-0.25, -0.2) is 0 Å². The lowest BCUT2D eigenvalue weighted by Gasteiger charge is -2.13. The van der Waals surface area contributed by atoms with Crippen molar-refractivity contribution in [3.8, 4) is 0 Å². The Morgan fingerprint density at radius 3 is 2.44 bits per heavy atom. The third-order valence-corrected chi connectivity index (χ3v) is 4.14. The molecule has 4 heteroatoms. The van der Waals surface area contributed by atoms with Crippen LogP contribution in [0.1, 0.15) is 17.2 Å². The van der Waals surface area contributed by atoms with Gasteiger partial charge in [-0.1, -0.05) is 63.4 Å². The van der Waals surface area contributed by atoms with E-state index in [2.05, 4.69) is 15.9 Å². The van der Waals surface area contributed by atoms with E-state index >= 15 is 0 Å². The van der Waals surface area contributed by atoms with Crippen molar-refractivity contribution in [2.75, 3.05) is 0 Å². The van der Waals surface area contributed by atoms with Gasteiger partial charge in [0.2, 0.25) is 0 Å². The molecule has 0 amide bonds. The lowest BCUT2D eigenvalue weighted by Crippen LogP contribution is -2.02. The van der Waals surface area contributed by atoms with Crippen LogP contribution in [0.15, 0.2) is 46.9 Å². The Hall–Kier alpha value is -0.540. The van der Waals surface area contributed by atoms with Crippen molar-refractivity contribution in [1.82, 2.24) is 0 Å². The number of benzene rings is 2. The first-order chi connectivity index (χ1) is 8.58. The molecule has 0 saturated heterocycles. The van der Waals surface area contributed by atoms with E-state index in [0.29, 0.717) is 16.5 Å². The number of aliphatic hydroxyl groups excluding tert-OH is 1. The number of hydrogen-bond donors (Lipinski definition) is 1. The first-order valence-electron chi connectivity index (χ1n) is 5.44. The second kappa shape index (κ2) is 6.07. The predicted molar refractivity (Wildman–Crippen MR) is 79.3 cm³/mol. The summed E-state index contributed by atoms with van der Waals surface area (Å²) in [6.45, 7) is 0. The fourth-order valence-electron chi connectivity index (χ4n) is 1.75. The van der Waals surface area contributed by atoms with E-state index in [-0.39, 0.29) is 0 Å². The van der Waals surface area contributed by atoms with E-state index < -0.39 is 6.10 Å². The van der Waals surface area contributed by atoms with Crippen molar-refractivity contribution in [3.63, 3.8) is 0 Å². The highest BCUT2D eigenvalue weighted by Crippen LogP contribution is 2.28. The lowest BCUT2D eigenvalue weighted by molar-refractivity contribution is 0.177. The molecule has 0 saturated carbocycles. The molecule has 0 radical (unpaired) electrons. The van der Waals surface area contributed by atoms with Crippen molar-refractivity contribution in [3.05, 3.63) is 68.1 Å². The molecule has 1 atom stereocenters. The van der Waals surface area contributed by atoms with E-state index in [9.17, 15) is 5.11 Å². The fraction of sp³-hybridized carbons (Fsp3) is 0.143. The second-order valence-corrected chi connectivity index (χ2v) is 5.66. The average molecular weight is 346 g/mol. The summed E-state index contributed by atoms with van der Waals surface area (Å²) in [5.74, 6) is 0. The predicted octanol–water partition coefficient (Wildman–Crippen LogP) is 5.03. The summed E-state index contributed by atoms with van der Waals surface area (Å²) in [6, 6.07) is 13.0. The fourth-order valence-corrected chi connectivity index (χ4v) is 2.61. The van der Waals surface area contributed by atoms with E-state index in [1.54, 1.807) is 12.1 Å². The van der Waals surface area contributed by atoms with Gasteiger partial charge in [0.05, 0.1) is 16.1 Å². The van der Waals surface area contributed by atoms with Gasteiger partial charge in [0, 0.05) is 10.9 Å². The third kappa shape index (κ3) is 3.27. The van der Waals surface area contributed by atoms with Crippen molar-refractivity contribution >= 4 is 39.1 Å². The average Bonchev–Trinajstić information content (AvgIpc) is 2.34. The zero-order valence-corrected chi connectivity index (χ0v) is 12.5. The Morgan fingerprint density at radius 1 is 1.06 bits per heavy atom. The SMILES string of the molecule is OC(Cc1ccc(Cl)c(Cl)c1)c1ccccc1Br. The number of aliphatic hydroxyl groups is 1. The molecule has 2 aromatic carbocycles. The molecule has 1 N–H and O–H groups in total. The Balaban J connectivity index is 2.19. The highest BCUT2D eigenvalue weighted by atomic mass is 79.9. The van der Waals surface area contributed by atoms with Crippen molar-refractivity contribution in [1.29, 1.82) is 0 Å². The molecule has 1 unspecified atom stereocenters. The highest BCUT2D eigenvalue weighted by molar-refractivity contribution is 9.10. The van der Waals surface area contributed by atoms with Crippen molar-refractivity contribution in [2.45, 2.75) is 12.5 Å². The maximum Gasteiger partial charge on any atom is 0.0841 e. The quantitative estimate of drug-likeness (QED) is 0.826. The zero-order valence-electron chi connectivity index (χ0n) is 9.41. The monoisotopic (exact) mass is 344 g/mol. The smallest absolute Gasteiger partial charge is 0.0841 e. The van der Waals surface area contributed by atoms with Crippen LogP contribution >= 0.6 is 39.1 Å². The summed E-state index contributed by atoms with van der Waals surface area (Å²) in [6.07, 6.45) is -0.0720. The molecule has 94 valence electrons. The first kappa shape index (κ1) is 13.9. The van der Waals surface area contributed by atoms with E-state index in [1.807, 2.05) is 30.3 Å². The maximum absolute atomic E-state index is 10.2. The topological polar surface area (TPSA) is 20.2 Å². The summed E-state index contributed by atoms with van der Waals surface area (Å²) in [4.78, 5) is 0. The Labute approximate surface area is 124 Å². The minimum Gasteiger partial charge on any atom is -0.388 e. The minimum absolute atomic E-state index is 0.500. The van der Waals surface area contributed by atoms with Crippen LogP contribution in [0, 0.1) is 0 Å². The van der Waals surface area contributed by atoms with Gasteiger partial charge in [-0.05, 0) is 29.3 Å². The summed E-state index contributed by atoms with van der Waals surface area (Å²) >= 11 is 15.2. The van der Waals surface area contributed by atoms with Gasteiger partial charge < -0.3 is 5.11 Å². The number of halogens is 3. The Kier molecular flexibility index (Phi) is 4.68. The van der Waals surface area contributed by atoms with Gasteiger partial charge in [0.15, 0.2) is 0 Å². The van der Waals surface area contributed by atoms with Crippen molar-refractivity contribution < 1.29 is 5.11 Å². The lowest BCUT2D eigenvalue weighted by atomic mass is 10.0. The van der Waals surface area contributed by atoms with Gasteiger partial charge in [0.25, 0.3) is 0 Å². The second-order valence-electron chi connectivity index (χ2n) is 3.99. The molecular formula is C14H11BrCl2O. The van der Waals surface area contributed by atoms with Crippen LogP contribution in [-0.2, 0) is 6.42 Å². The molecule has 2 aromatic rings. The van der Waals surface area contributed by atoms with E-state index in [0.717, 1.165) is 15.6 Å². The van der Waals surface area contributed by atoms with Crippen molar-refractivity contribution in [2.24, 2.45) is 0 Å². The molecule has 0 aliphatic heterocycles.